The molecular formula is C16H26IN3O4. The zero-order valence-electron chi connectivity index (χ0n) is 14.3. The maximum Gasteiger partial charge on any atom is 0.305 e. The van der Waals surface area contributed by atoms with Crippen molar-refractivity contribution in [3.63, 3.8) is 0 Å². The Labute approximate surface area is 160 Å². The first-order valence-electron chi connectivity index (χ1n) is 7.42. The average molecular weight is 451 g/mol. The number of carbonyl (C=O) groups excluding carboxylic acids is 1. The van der Waals surface area contributed by atoms with Crippen molar-refractivity contribution in [2.24, 2.45) is 10.7 Å². The number of hydrogen-bond acceptors (Lipinski definition) is 5. The largest absolute Gasteiger partial charge is 0.493 e. The molecule has 3 N–H and O–H groups in total. The molecule has 0 bridgehead atoms. The highest BCUT2D eigenvalue weighted by Crippen LogP contribution is 2.27. The summed E-state index contributed by atoms with van der Waals surface area (Å²) in [5.41, 5.74) is 6.78. The standard InChI is InChI=1S/C16H25N3O4.HI/c1-21-13-8-7-12(10-14(13)22-2)11-19-16(17)18-9-5-4-6-15(20)23-3;/h7-8,10H,4-6,9,11H2,1-3H3,(H3,17,18,19);1H. The summed E-state index contributed by atoms with van der Waals surface area (Å²) < 4.78 is 15.0. The summed E-state index contributed by atoms with van der Waals surface area (Å²) in [6.07, 6.45) is 1.99. The lowest BCUT2D eigenvalue weighted by Gasteiger charge is -2.09. The smallest absolute Gasteiger partial charge is 0.305 e. The van der Waals surface area contributed by atoms with E-state index in [1.807, 2.05) is 18.2 Å². The van der Waals surface area contributed by atoms with Gasteiger partial charge in [-0.25, -0.2) is 4.99 Å². The van der Waals surface area contributed by atoms with Gasteiger partial charge in [0.05, 0.1) is 27.9 Å². The number of nitrogens with one attached hydrogen (secondary N) is 1. The zero-order chi connectivity index (χ0) is 17.1. The molecule has 0 aliphatic carbocycles. The Kier molecular flexibility index (Phi) is 11.8. The summed E-state index contributed by atoms with van der Waals surface area (Å²) in [4.78, 5) is 15.2. The lowest BCUT2D eigenvalue weighted by atomic mass is 10.2. The number of hydrogen-bond donors (Lipinski definition) is 2. The fourth-order valence-corrected chi connectivity index (χ4v) is 1.92. The van der Waals surface area contributed by atoms with Crippen LogP contribution in [0.2, 0.25) is 0 Å². The van der Waals surface area contributed by atoms with Gasteiger partial charge in [0.1, 0.15) is 0 Å². The van der Waals surface area contributed by atoms with Gasteiger partial charge in [-0.15, -0.1) is 24.0 Å². The number of unbranched alkanes of at least 4 members (excludes halogenated alkanes) is 1. The van der Waals surface area contributed by atoms with E-state index in [4.69, 9.17) is 15.2 Å². The summed E-state index contributed by atoms with van der Waals surface area (Å²) in [7, 11) is 4.58. The van der Waals surface area contributed by atoms with E-state index in [0.29, 0.717) is 37.0 Å². The van der Waals surface area contributed by atoms with E-state index in [1.165, 1.54) is 7.11 Å². The SMILES string of the molecule is COC(=O)CCCCNC(N)=NCc1ccc(OC)c(OC)c1.I. The van der Waals surface area contributed by atoms with Crippen LogP contribution in [0.5, 0.6) is 11.5 Å². The number of benzene rings is 1. The predicted octanol–water partition coefficient (Wildman–Crippen LogP) is 2.07. The molecular weight excluding hydrogens is 425 g/mol. The predicted molar refractivity (Wildman–Crippen MR) is 104 cm³/mol. The summed E-state index contributed by atoms with van der Waals surface area (Å²) >= 11 is 0. The molecule has 0 amide bonds. The molecule has 0 fully saturated rings. The van der Waals surface area contributed by atoms with E-state index in [9.17, 15) is 4.79 Å². The van der Waals surface area contributed by atoms with Crippen molar-refractivity contribution >= 4 is 35.9 Å². The molecule has 7 nitrogen and oxygen atoms in total. The number of ether oxygens (including phenoxy) is 3. The van der Waals surface area contributed by atoms with Gasteiger partial charge in [0.2, 0.25) is 0 Å². The maximum atomic E-state index is 11.0. The Morgan fingerprint density at radius 2 is 1.88 bits per heavy atom. The summed E-state index contributed by atoms with van der Waals surface area (Å²) in [5, 5.41) is 3.02. The molecule has 1 rings (SSSR count). The maximum absolute atomic E-state index is 11.0. The van der Waals surface area contributed by atoms with Crippen LogP contribution in [-0.4, -0.2) is 39.8 Å². The first-order chi connectivity index (χ1) is 11.1. The lowest BCUT2D eigenvalue weighted by Crippen LogP contribution is -2.32. The summed E-state index contributed by atoms with van der Waals surface area (Å²) in [6, 6.07) is 5.61. The number of esters is 1. The molecule has 0 radical (unpaired) electrons. The Morgan fingerprint density at radius 3 is 2.50 bits per heavy atom. The molecule has 8 heteroatoms. The Hall–Kier alpha value is -1.71. The lowest BCUT2D eigenvalue weighted by molar-refractivity contribution is -0.140. The van der Waals surface area contributed by atoms with Crippen LogP contribution in [0, 0.1) is 0 Å². The van der Waals surface area contributed by atoms with Crippen molar-refractivity contribution in [1.82, 2.24) is 5.32 Å². The number of halogens is 1. The second-order valence-corrected chi connectivity index (χ2v) is 4.85. The Bertz CT molecular complexity index is 538. The molecule has 0 spiro atoms. The molecule has 0 aromatic heterocycles. The van der Waals surface area contributed by atoms with Crippen molar-refractivity contribution in [2.75, 3.05) is 27.9 Å². The first-order valence-corrected chi connectivity index (χ1v) is 7.42. The number of carbonyl (C=O) groups is 1. The normalized spacial score (nSPS) is 10.5. The van der Waals surface area contributed by atoms with Crippen LogP contribution >= 0.6 is 24.0 Å². The van der Waals surface area contributed by atoms with E-state index in [-0.39, 0.29) is 29.9 Å². The minimum absolute atomic E-state index is 0. The van der Waals surface area contributed by atoms with Gasteiger partial charge in [-0.2, -0.15) is 0 Å². The van der Waals surface area contributed by atoms with Gasteiger partial charge in [-0.05, 0) is 30.5 Å². The van der Waals surface area contributed by atoms with Crippen molar-refractivity contribution in [3.05, 3.63) is 23.8 Å². The third-order valence-electron chi connectivity index (χ3n) is 3.22. The fraction of sp³-hybridized carbons (Fsp3) is 0.500. The first kappa shape index (κ1) is 22.3. The van der Waals surface area contributed by atoms with Crippen molar-refractivity contribution in [2.45, 2.75) is 25.8 Å². The van der Waals surface area contributed by atoms with Gasteiger partial charge in [-0.1, -0.05) is 6.07 Å². The van der Waals surface area contributed by atoms with Gasteiger partial charge in [0.25, 0.3) is 0 Å². The van der Waals surface area contributed by atoms with E-state index in [0.717, 1.165) is 18.4 Å². The monoisotopic (exact) mass is 451 g/mol. The molecule has 0 aliphatic rings. The number of methoxy groups -OCH3 is 3. The fourth-order valence-electron chi connectivity index (χ4n) is 1.92. The van der Waals surface area contributed by atoms with Crippen molar-refractivity contribution in [1.29, 1.82) is 0 Å². The van der Waals surface area contributed by atoms with Crippen LogP contribution in [-0.2, 0) is 16.1 Å². The molecule has 0 saturated carbocycles. The van der Waals surface area contributed by atoms with E-state index in [1.54, 1.807) is 14.2 Å². The number of nitrogens with two attached hydrogens (primary N) is 1. The molecule has 0 aliphatic heterocycles. The number of guanidine groups is 1. The third kappa shape index (κ3) is 8.23. The van der Waals surface area contributed by atoms with Crippen LogP contribution in [0.25, 0.3) is 0 Å². The number of aliphatic imine (C=N–C) groups is 1. The Morgan fingerprint density at radius 1 is 1.17 bits per heavy atom. The Balaban J connectivity index is 0.00000529. The van der Waals surface area contributed by atoms with Crippen LogP contribution in [0.3, 0.4) is 0 Å². The van der Waals surface area contributed by atoms with E-state index < -0.39 is 0 Å². The van der Waals surface area contributed by atoms with Crippen LogP contribution in [0.15, 0.2) is 23.2 Å². The van der Waals surface area contributed by atoms with Gasteiger partial charge in [-0.3, -0.25) is 4.79 Å². The van der Waals surface area contributed by atoms with E-state index in [2.05, 4.69) is 15.0 Å². The highest BCUT2D eigenvalue weighted by Gasteiger charge is 2.04. The summed E-state index contributed by atoms with van der Waals surface area (Å²) in [5.74, 6) is 1.52. The van der Waals surface area contributed by atoms with Crippen molar-refractivity contribution < 1.29 is 19.0 Å². The van der Waals surface area contributed by atoms with Gasteiger partial charge in [0, 0.05) is 13.0 Å². The molecule has 1 aromatic rings. The number of rotatable bonds is 9. The molecule has 136 valence electrons. The highest BCUT2D eigenvalue weighted by atomic mass is 127. The van der Waals surface area contributed by atoms with Gasteiger partial charge < -0.3 is 25.3 Å². The highest BCUT2D eigenvalue weighted by molar-refractivity contribution is 14.0. The second-order valence-electron chi connectivity index (χ2n) is 4.85. The van der Waals surface area contributed by atoms with E-state index >= 15 is 0 Å². The topological polar surface area (TPSA) is 95.2 Å². The average Bonchev–Trinajstić information content (AvgIpc) is 2.58. The van der Waals surface area contributed by atoms with Crippen LogP contribution in [0.1, 0.15) is 24.8 Å². The van der Waals surface area contributed by atoms with Crippen LogP contribution in [0.4, 0.5) is 0 Å². The minimum atomic E-state index is -0.194. The zero-order valence-corrected chi connectivity index (χ0v) is 16.7. The molecule has 1 aromatic carbocycles. The molecule has 24 heavy (non-hydrogen) atoms. The van der Waals surface area contributed by atoms with Crippen LogP contribution < -0.4 is 20.5 Å². The van der Waals surface area contributed by atoms with Gasteiger partial charge in [0.15, 0.2) is 17.5 Å². The quantitative estimate of drug-likeness (QED) is 0.196. The summed E-state index contributed by atoms with van der Waals surface area (Å²) in [6.45, 7) is 1.11. The van der Waals surface area contributed by atoms with Gasteiger partial charge >= 0.3 is 5.97 Å². The second kappa shape index (κ2) is 12.7. The molecule has 0 unspecified atom stereocenters. The molecule has 0 heterocycles. The van der Waals surface area contributed by atoms with Crippen molar-refractivity contribution in [3.8, 4) is 11.5 Å². The third-order valence-corrected chi connectivity index (χ3v) is 3.22. The molecule has 0 saturated heterocycles. The minimum Gasteiger partial charge on any atom is -0.493 e. The number of nitrogens with zero attached hydrogens (tertiary/aromatic N) is 1. The molecule has 0 atom stereocenters.